The molecule has 29 heavy (non-hydrogen) atoms. The average molecular weight is 445 g/mol. The van der Waals surface area contributed by atoms with E-state index in [1.54, 1.807) is 16.6 Å². The Bertz CT molecular complexity index is 1210. The van der Waals surface area contributed by atoms with Crippen LogP contribution in [0.25, 0.3) is 16.2 Å². The lowest BCUT2D eigenvalue weighted by molar-refractivity contribution is 0.102. The van der Waals surface area contributed by atoms with E-state index in [0.717, 1.165) is 11.3 Å². The number of aromatic nitrogens is 3. The first-order chi connectivity index (χ1) is 13.7. The van der Waals surface area contributed by atoms with Crippen molar-refractivity contribution in [2.75, 3.05) is 5.32 Å². The number of amides is 1. The molecule has 8 heteroatoms. The van der Waals surface area contributed by atoms with Crippen molar-refractivity contribution in [3.63, 3.8) is 0 Å². The highest BCUT2D eigenvalue weighted by molar-refractivity contribution is 7.15. The predicted octanol–water partition coefficient (Wildman–Crippen LogP) is 6.31. The van der Waals surface area contributed by atoms with Gasteiger partial charge in [0.25, 0.3) is 11.9 Å². The van der Waals surface area contributed by atoms with Crippen molar-refractivity contribution in [3.05, 3.63) is 69.0 Å². The lowest BCUT2D eigenvalue weighted by Crippen LogP contribution is -2.15. The highest BCUT2D eigenvalue weighted by atomic mass is 35.5. The Balaban J connectivity index is 1.59. The van der Waals surface area contributed by atoms with Crippen molar-refractivity contribution in [2.45, 2.75) is 26.2 Å². The van der Waals surface area contributed by atoms with Gasteiger partial charge in [0.1, 0.15) is 0 Å². The Morgan fingerprint density at radius 2 is 1.83 bits per heavy atom. The zero-order valence-corrected chi connectivity index (χ0v) is 18.4. The summed E-state index contributed by atoms with van der Waals surface area (Å²) >= 11 is 13.7. The Hall–Kier alpha value is -2.41. The molecule has 2 aromatic carbocycles. The van der Waals surface area contributed by atoms with Gasteiger partial charge in [0, 0.05) is 21.5 Å². The summed E-state index contributed by atoms with van der Waals surface area (Å²) in [6, 6.07) is 12.8. The lowest BCUT2D eigenvalue weighted by Gasteiger charge is -2.18. The molecule has 0 aliphatic carbocycles. The van der Waals surface area contributed by atoms with Gasteiger partial charge in [0.05, 0.1) is 10.7 Å². The van der Waals surface area contributed by atoms with Crippen molar-refractivity contribution >= 4 is 51.4 Å². The highest BCUT2D eigenvalue weighted by Crippen LogP contribution is 2.33. The van der Waals surface area contributed by atoms with Crippen molar-refractivity contribution in [1.82, 2.24) is 14.6 Å². The van der Waals surface area contributed by atoms with Gasteiger partial charge < -0.3 is 0 Å². The number of rotatable bonds is 3. The molecule has 0 spiro atoms. The van der Waals surface area contributed by atoms with Crippen LogP contribution in [0.2, 0.25) is 10.0 Å². The van der Waals surface area contributed by atoms with E-state index in [2.05, 4.69) is 36.2 Å². The van der Waals surface area contributed by atoms with Gasteiger partial charge in [-0.3, -0.25) is 10.1 Å². The largest absolute Gasteiger partial charge is 0.289 e. The third-order valence-corrected chi connectivity index (χ3v) is 5.89. The molecule has 4 aromatic rings. The molecule has 0 aliphatic heterocycles. The summed E-state index contributed by atoms with van der Waals surface area (Å²) in [6.45, 7) is 6.40. The summed E-state index contributed by atoms with van der Waals surface area (Å²) in [5.41, 5.74) is 3.33. The van der Waals surface area contributed by atoms with Crippen LogP contribution >= 0.6 is 34.5 Å². The predicted molar refractivity (Wildman–Crippen MR) is 119 cm³/mol. The number of anilines is 1. The van der Waals surface area contributed by atoms with E-state index in [0.29, 0.717) is 20.6 Å². The second-order valence-corrected chi connectivity index (χ2v) is 9.34. The number of carbonyl (C=O) groups excluding carboxylic acids is 1. The summed E-state index contributed by atoms with van der Waals surface area (Å²) in [7, 11) is 0. The quantitative estimate of drug-likeness (QED) is 0.402. The smallest absolute Gasteiger partial charge is 0.258 e. The summed E-state index contributed by atoms with van der Waals surface area (Å²) in [4.78, 5) is 17.6. The van der Waals surface area contributed by atoms with Gasteiger partial charge in [-0.25, -0.2) is 4.52 Å². The molecule has 0 saturated carbocycles. The number of nitrogens with zero attached hydrogens (tertiary/aromatic N) is 3. The molecule has 2 heterocycles. The minimum atomic E-state index is -0.255. The van der Waals surface area contributed by atoms with Crippen molar-refractivity contribution in [1.29, 1.82) is 0 Å². The molecule has 0 bridgehead atoms. The second kappa shape index (κ2) is 7.44. The van der Waals surface area contributed by atoms with E-state index in [4.69, 9.17) is 23.2 Å². The molecule has 5 nitrogen and oxygen atoms in total. The van der Waals surface area contributed by atoms with Gasteiger partial charge >= 0.3 is 0 Å². The van der Waals surface area contributed by atoms with Crippen LogP contribution in [0.5, 0.6) is 0 Å². The molecule has 0 fully saturated rings. The second-order valence-electron chi connectivity index (χ2n) is 7.66. The van der Waals surface area contributed by atoms with Crippen molar-refractivity contribution in [3.8, 4) is 11.3 Å². The molecular weight excluding hydrogens is 427 g/mol. The first kappa shape index (κ1) is 19.9. The Kier molecular flexibility index (Phi) is 5.11. The number of carbonyl (C=O) groups is 1. The van der Waals surface area contributed by atoms with Crippen LogP contribution in [-0.4, -0.2) is 20.5 Å². The molecule has 1 N–H and O–H groups in total. The monoisotopic (exact) mass is 444 g/mol. The van der Waals surface area contributed by atoms with Crippen molar-refractivity contribution < 1.29 is 4.79 Å². The molecule has 0 radical (unpaired) electrons. The first-order valence-corrected chi connectivity index (χ1v) is 10.6. The molecule has 0 saturated heterocycles. The maximum atomic E-state index is 12.6. The molecule has 0 atom stereocenters. The molecule has 1 amide bonds. The minimum Gasteiger partial charge on any atom is -0.289 e. The van der Waals surface area contributed by atoms with Crippen LogP contribution in [-0.2, 0) is 5.41 Å². The third kappa shape index (κ3) is 4.01. The molecule has 4 rings (SSSR count). The van der Waals surface area contributed by atoms with Gasteiger partial charge in [-0.05, 0) is 41.3 Å². The van der Waals surface area contributed by atoms with E-state index >= 15 is 0 Å². The van der Waals surface area contributed by atoms with Gasteiger partial charge in [-0.1, -0.05) is 56.1 Å². The summed E-state index contributed by atoms with van der Waals surface area (Å²) in [6.07, 6.45) is 0. The van der Waals surface area contributed by atoms with E-state index in [1.165, 1.54) is 16.9 Å². The fraction of sp³-hybridized carbons (Fsp3) is 0.190. The highest BCUT2D eigenvalue weighted by Gasteiger charge is 2.17. The van der Waals surface area contributed by atoms with E-state index in [9.17, 15) is 4.79 Å². The van der Waals surface area contributed by atoms with Crippen LogP contribution in [0.4, 0.5) is 5.95 Å². The molecule has 2 aromatic heterocycles. The molecule has 0 aliphatic rings. The first-order valence-electron chi connectivity index (χ1n) is 8.94. The molecule has 0 unspecified atom stereocenters. The number of halogens is 2. The normalized spacial score (nSPS) is 11.8. The third-order valence-electron chi connectivity index (χ3n) is 4.53. The summed E-state index contributed by atoms with van der Waals surface area (Å²) in [5.74, 6) is -0.0112. The summed E-state index contributed by atoms with van der Waals surface area (Å²) < 4.78 is 1.66. The Labute approximate surface area is 182 Å². The topological polar surface area (TPSA) is 59.3 Å². The van der Waals surface area contributed by atoms with Gasteiger partial charge in [0.2, 0.25) is 4.96 Å². The van der Waals surface area contributed by atoms with Crippen molar-refractivity contribution in [2.24, 2.45) is 0 Å². The van der Waals surface area contributed by atoms with Crippen LogP contribution in [0.15, 0.2) is 47.8 Å². The van der Waals surface area contributed by atoms with Crippen LogP contribution in [0.1, 0.15) is 36.7 Å². The fourth-order valence-electron chi connectivity index (χ4n) is 2.91. The maximum Gasteiger partial charge on any atom is 0.258 e. The van der Waals surface area contributed by atoms with Gasteiger partial charge in [0.15, 0.2) is 0 Å². The zero-order valence-electron chi connectivity index (χ0n) is 16.0. The van der Waals surface area contributed by atoms with Crippen LogP contribution < -0.4 is 5.32 Å². The lowest BCUT2D eigenvalue weighted by atomic mass is 9.87. The van der Waals surface area contributed by atoms with Gasteiger partial charge in [-0.2, -0.15) is 4.98 Å². The van der Waals surface area contributed by atoms with Crippen LogP contribution in [0.3, 0.4) is 0 Å². The van der Waals surface area contributed by atoms with Gasteiger partial charge in [-0.15, -0.1) is 16.4 Å². The van der Waals surface area contributed by atoms with Crippen LogP contribution in [0, 0.1) is 0 Å². The number of fused-ring (bicyclic) bond motifs is 1. The number of benzene rings is 2. The number of hydrogen-bond acceptors (Lipinski definition) is 4. The Morgan fingerprint density at radius 1 is 1.10 bits per heavy atom. The van der Waals surface area contributed by atoms with E-state index in [-0.39, 0.29) is 17.3 Å². The SMILES string of the molecule is CC(C)(C)c1ccc(C(=O)Nc2nc3scc(-c4ccc(Cl)cc4Cl)n3n2)cc1. The Morgan fingerprint density at radius 3 is 2.48 bits per heavy atom. The standard InChI is InChI=1S/C21H18Cl2N4OS/c1-21(2,3)13-6-4-12(5-7-13)18(28)24-19-25-20-27(26-19)17(11-29-20)15-9-8-14(22)10-16(15)23/h4-11H,1-3H3,(H,24,26,28). The van der Waals surface area contributed by atoms with E-state index in [1.807, 2.05) is 35.7 Å². The average Bonchev–Trinajstić information content (AvgIpc) is 3.21. The number of thiazole rings is 1. The number of hydrogen-bond donors (Lipinski definition) is 1. The summed E-state index contributed by atoms with van der Waals surface area (Å²) in [5, 5.41) is 10.2. The minimum absolute atomic E-state index is 0.0319. The molecule has 148 valence electrons. The number of nitrogens with one attached hydrogen (secondary N) is 1. The molecular formula is C21H18Cl2N4OS. The fourth-order valence-corrected chi connectivity index (χ4v) is 4.24. The zero-order chi connectivity index (χ0) is 20.8. The maximum absolute atomic E-state index is 12.6. The van der Waals surface area contributed by atoms with E-state index < -0.39 is 0 Å².